The summed E-state index contributed by atoms with van der Waals surface area (Å²) in [6, 6.07) is 0. The molecule has 0 aromatic heterocycles. The minimum atomic E-state index is -0.0241. The third kappa shape index (κ3) is 7.46. The van der Waals surface area contributed by atoms with E-state index >= 15 is 0 Å². The van der Waals surface area contributed by atoms with E-state index in [4.69, 9.17) is 0 Å². The highest BCUT2D eigenvalue weighted by molar-refractivity contribution is 5.80. The van der Waals surface area contributed by atoms with E-state index in [2.05, 4.69) is 13.8 Å². The van der Waals surface area contributed by atoms with Gasteiger partial charge >= 0.3 is 0 Å². The van der Waals surface area contributed by atoms with Gasteiger partial charge in [0, 0.05) is 25.4 Å². The number of hydrogen-bond donors (Lipinski definition) is 1. The van der Waals surface area contributed by atoms with Gasteiger partial charge in [0.25, 0.3) is 0 Å². The van der Waals surface area contributed by atoms with Crippen molar-refractivity contribution in [2.24, 2.45) is 29.1 Å². The number of fused-ring (bicyclic) bond motifs is 2. The van der Waals surface area contributed by atoms with Gasteiger partial charge in [0.2, 0.25) is 0 Å². The summed E-state index contributed by atoms with van der Waals surface area (Å²) >= 11 is 0. The van der Waals surface area contributed by atoms with E-state index in [1.54, 1.807) is 6.92 Å². The maximum Gasteiger partial charge on any atom is 0.133 e. The Labute approximate surface area is 185 Å². The Morgan fingerprint density at radius 3 is 2.30 bits per heavy atom. The van der Waals surface area contributed by atoms with Crippen LogP contribution in [-0.2, 0) is 9.59 Å². The smallest absolute Gasteiger partial charge is 0.133 e. The zero-order valence-corrected chi connectivity index (χ0v) is 20.1. The van der Waals surface area contributed by atoms with Gasteiger partial charge in [0.05, 0.1) is 0 Å². The summed E-state index contributed by atoms with van der Waals surface area (Å²) in [5, 5.41) is 9.84. The molecule has 30 heavy (non-hydrogen) atoms. The van der Waals surface area contributed by atoms with E-state index in [0.29, 0.717) is 18.1 Å². The fourth-order valence-corrected chi connectivity index (χ4v) is 6.89. The summed E-state index contributed by atoms with van der Waals surface area (Å²) in [4.78, 5) is 25.3. The average molecular weight is 421 g/mol. The van der Waals surface area contributed by atoms with Crippen LogP contribution in [0.15, 0.2) is 0 Å². The molecule has 0 aromatic carbocycles. The predicted molar refractivity (Wildman–Crippen MR) is 124 cm³/mol. The van der Waals surface area contributed by atoms with Gasteiger partial charge < -0.3 is 5.11 Å². The second kappa shape index (κ2) is 13.0. The number of Topliss-reactive ketones (excluding diaryl/α,β-unsaturated/α-hetero) is 2. The summed E-state index contributed by atoms with van der Waals surface area (Å²) in [5.74, 6) is 2.69. The summed E-state index contributed by atoms with van der Waals surface area (Å²) in [7, 11) is 0. The van der Waals surface area contributed by atoms with Crippen LogP contribution in [0.5, 0.6) is 0 Å². The zero-order chi connectivity index (χ0) is 22.0. The van der Waals surface area contributed by atoms with Crippen molar-refractivity contribution in [3.05, 3.63) is 0 Å². The highest BCUT2D eigenvalue weighted by Gasteiger charge is 2.47. The van der Waals surface area contributed by atoms with Crippen molar-refractivity contribution in [3.63, 3.8) is 0 Å². The highest BCUT2D eigenvalue weighted by Crippen LogP contribution is 2.55. The van der Waals surface area contributed by atoms with Crippen molar-refractivity contribution in [1.82, 2.24) is 0 Å². The second-order valence-corrected chi connectivity index (χ2v) is 10.7. The quantitative estimate of drug-likeness (QED) is 0.293. The van der Waals surface area contributed by atoms with Crippen LogP contribution in [-0.4, -0.2) is 23.3 Å². The molecule has 2 aliphatic carbocycles. The first kappa shape index (κ1) is 25.6. The molecule has 174 valence electrons. The Morgan fingerprint density at radius 1 is 1.03 bits per heavy atom. The number of aliphatic hydroxyl groups is 1. The molecule has 3 nitrogen and oxygen atoms in total. The number of rotatable bonds is 15. The third-order valence-corrected chi connectivity index (χ3v) is 8.38. The lowest BCUT2D eigenvalue weighted by Gasteiger charge is -2.50. The summed E-state index contributed by atoms with van der Waals surface area (Å²) in [5.41, 5.74) is -0.0241. The van der Waals surface area contributed by atoms with Gasteiger partial charge in [-0.1, -0.05) is 65.2 Å². The first-order valence-corrected chi connectivity index (χ1v) is 13.1. The van der Waals surface area contributed by atoms with E-state index in [1.165, 1.54) is 51.4 Å². The van der Waals surface area contributed by atoms with Gasteiger partial charge in [-0.15, -0.1) is 0 Å². The molecule has 0 saturated heterocycles. The van der Waals surface area contributed by atoms with Gasteiger partial charge in [-0.2, -0.15) is 0 Å². The fourth-order valence-electron chi connectivity index (χ4n) is 6.89. The number of unbranched alkanes of at least 4 members (excludes halogenated alkanes) is 2. The number of carbonyl (C=O) groups is 2. The molecule has 2 saturated carbocycles. The molecule has 2 bridgehead atoms. The summed E-state index contributed by atoms with van der Waals surface area (Å²) in [6.07, 6.45) is 17.2. The van der Waals surface area contributed by atoms with Crippen LogP contribution in [0, 0.1) is 29.1 Å². The minimum Gasteiger partial charge on any atom is -0.396 e. The number of carbonyl (C=O) groups excluding carboxylic acids is 2. The molecule has 1 N–H and O–H groups in total. The Kier molecular flexibility index (Phi) is 11.1. The molecule has 0 amide bonds. The maximum absolute atomic E-state index is 12.7. The predicted octanol–water partition coefficient (Wildman–Crippen LogP) is 6.90. The molecule has 0 heterocycles. The third-order valence-electron chi connectivity index (χ3n) is 8.38. The molecular formula is C27H48O3. The number of hydrogen-bond acceptors (Lipinski definition) is 3. The van der Waals surface area contributed by atoms with E-state index in [9.17, 15) is 14.7 Å². The van der Waals surface area contributed by atoms with Crippen LogP contribution in [0.1, 0.15) is 124 Å². The highest BCUT2D eigenvalue weighted by atomic mass is 16.3. The molecule has 0 aliphatic heterocycles. The standard InChI is InChI=1S/C27H48O3/c1-4-6-7-10-22(5-2)18-25(30)13-9-14-26(21(3)29)27(15-16-28)19-23-11-8-12-24(17-23)20-27/h22-24,26,28H,4-20H2,1-3H3. The lowest BCUT2D eigenvalue weighted by molar-refractivity contribution is -0.130. The van der Waals surface area contributed by atoms with Crippen LogP contribution in [0.4, 0.5) is 0 Å². The Bertz CT molecular complexity index is 514. The zero-order valence-electron chi connectivity index (χ0n) is 20.1. The van der Waals surface area contributed by atoms with Gasteiger partial charge in [-0.3, -0.25) is 9.59 Å². The molecule has 4 atom stereocenters. The SMILES string of the molecule is CCCCCC(CC)CC(=O)CCCC(C(C)=O)C1(CCO)CC2CCCC(C2)C1. The van der Waals surface area contributed by atoms with Crippen molar-refractivity contribution in [3.8, 4) is 0 Å². The lowest BCUT2D eigenvalue weighted by atomic mass is 9.54. The fraction of sp³-hybridized carbons (Fsp3) is 0.926. The molecule has 2 aliphatic rings. The first-order chi connectivity index (χ1) is 14.4. The van der Waals surface area contributed by atoms with E-state index in [-0.39, 0.29) is 23.7 Å². The normalized spacial score (nSPS) is 28.1. The van der Waals surface area contributed by atoms with Crippen LogP contribution < -0.4 is 0 Å². The molecule has 0 spiro atoms. The minimum absolute atomic E-state index is 0.0207. The Morgan fingerprint density at radius 2 is 1.73 bits per heavy atom. The lowest BCUT2D eigenvalue weighted by Crippen LogP contribution is -2.44. The van der Waals surface area contributed by atoms with Crippen LogP contribution in [0.2, 0.25) is 0 Å². The molecule has 0 aromatic rings. The van der Waals surface area contributed by atoms with E-state index in [0.717, 1.165) is 56.8 Å². The van der Waals surface area contributed by atoms with Crippen molar-refractivity contribution < 1.29 is 14.7 Å². The Balaban J connectivity index is 1.91. The largest absolute Gasteiger partial charge is 0.396 e. The molecular weight excluding hydrogens is 372 g/mol. The Hall–Kier alpha value is -0.700. The molecule has 2 rings (SSSR count). The number of aliphatic hydroxyl groups excluding tert-OH is 1. The molecule has 4 unspecified atom stereocenters. The van der Waals surface area contributed by atoms with E-state index in [1.807, 2.05) is 0 Å². The summed E-state index contributed by atoms with van der Waals surface area (Å²) < 4.78 is 0. The van der Waals surface area contributed by atoms with E-state index < -0.39 is 0 Å². The van der Waals surface area contributed by atoms with Gasteiger partial charge in [0.1, 0.15) is 11.6 Å². The van der Waals surface area contributed by atoms with Crippen LogP contribution >= 0.6 is 0 Å². The van der Waals surface area contributed by atoms with Gasteiger partial charge in [-0.05, 0) is 68.6 Å². The average Bonchev–Trinajstić information content (AvgIpc) is 2.70. The molecule has 3 heteroatoms. The first-order valence-electron chi connectivity index (χ1n) is 13.1. The molecule has 0 radical (unpaired) electrons. The van der Waals surface area contributed by atoms with Crippen LogP contribution in [0.25, 0.3) is 0 Å². The van der Waals surface area contributed by atoms with Crippen LogP contribution in [0.3, 0.4) is 0 Å². The van der Waals surface area contributed by atoms with Gasteiger partial charge in [0.15, 0.2) is 0 Å². The van der Waals surface area contributed by atoms with Crippen molar-refractivity contribution in [1.29, 1.82) is 0 Å². The summed E-state index contributed by atoms with van der Waals surface area (Å²) in [6.45, 7) is 6.35. The topological polar surface area (TPSA) is 54.4 Å². The monoisotopic (exact) mass is 420 g/mol. The van der Waals surface area contributed by atoms with Crippen molar-refractivity contribution >= 4 is 11.6 Å². The second-order valence-electron chi connectivity index (χ2n) is 10.7. The van der Waals surface area contributed by atoms with Gasteiger partial charge in [-0.25, -0.2) is 0 Å². The maximum atomic E-state index is 12.7. The number of ketones is 2. The molecule has 2 fully saturated rings. The van der Waals surface area contributed by atoms with Crippen molar-refractivity contribution in [2.75, 3.05) is 6.61 Å². The van der Waals surface area contributed by atoms with Crippen molar-refractivity contribution in [2.45, 2.75) is 124 Å².